The zero-order valence-corrected chi connectivity index (χ0v) is 10.6. The summed E-state index contributed by atoms with van der Waals surface area (Å²) in [5.41, 5.74) is 6.56. The van der Waals surface area contributed by atoms with Gasteiger partial charge in [-0.3, -0.25) is 9.48 Å². The molecule has 1 aliphatic heterocycles. The Hall–Kier alpha value is -2.77. The third-order valence-corrected chi connectivity index (χ3v) is 2.89. The first-order valence-electron chi connectivity index (χ1n) is 6.05. The maximum atomic E-state index is 12.1. The Morgan fingerprint density at radius 3 is 2.95 bits per heavy atom. The minimum absolute atomic E-state index is 0.145. The van der Waals surface area contributed by atoms with Crippen LogP contribution < -0.4 is 20.5 Å². The molecule has 0 saturated carbocycles. The third kappa shape index (κ3) is 2.35. The number of ether oxygens (including phenoxy) is 2. The molecule has 8 nitrogen and oxygen atoms in total. The molecule has 1 aromatic carbocycles. The molecule has 3 rings (SSSR count). The van der Waals surface area contributed by atoms with E-state index in [0.717, 1.165) is 0 Å². The summed E-state index contributed by atoms with van der Waals surface area (Å²) < 4.78 is 12.0. The van der Waals surface area contributed by atoms with Crippen molar-refractivity contribution in [3.05, 3.63) is 30.1 Å². The van der Waals surface area contributed by atoms with Gasteiger partial charge in [0.25, 0.3) is 5.91 Å². The number of benzene rings is 1. The summed E-state index contributed by atoms with van der Waals surface area (Å²) in [7, 11) is 0. The summed E-state index contributed by atoms with van der Waals surface area (Å²) in [6, 6.07) is 3.18. The van der Waals surface area contributed by atoms with Crippen LogP contribution in [0.1, 0.15) is 10.4 Å². The average Bonchev–Trinajstić information content (AvgIpc) is 3.08. The molecule has 0 radical (unpaired) electrons. The number of nitrogens with one attached hydrogen (secondary N) is 1. The molecule has 0 spiro atoms. The molecule has 20 heavy (non-hydrogen) atoms. The van der Waals surface area contributed by atoms with Gasteiger partial charge < -0.3 is 20.5 Å². The van der Waals surface area contributed by atoms with Crippen molar-refractivity contribution in [2.45, 2.75) is 6.54 Å². The maximum absolute atomic E-state index is 12.1. The van der Waals surface area contributed by atoms with Gasteiger partial charge in [0, 0.05) is 24.5 Å². The number of fused-ring (bicyclic) bond motifs is 1. The number of hydrogen-bond donors (Lipinski definition) is 2. The molecule has 0 unspecified atom stereocenters. The number of nitrogens with zero attached hydrogens (tertiary/aromatic N) is 3. The monoisotopic (exact) mass is 275 g/mol. The Morgan fingerprint density at radius 2 is 2.20 bits per heavy atom. The number of carbonyl (C=O) groups is 1. The van der Waals surface area contributed by atoms with Gasteiger partial charge in [-0.05, 0) is 6.07 Å². The minimum atomic E-state index is -0.263. The van der Waals surface area contributed by atoms with Crippen molar-refractivity contribution in [2.24, 2.45) is 0 Å². The van der Waals surface area contributed by atoms with E-state index in [-0.39, 0.29) is 12.7 Å². The fourth-order valence-corrected chi connectivity index (χ4v) is 1.89. The maximum Gasteiger partial charge on any atom is 0.253 e. The summed E-state index contributed by atoms with van der Waals surface area (Å²) in [6.07, 6.45) is 3.30. The van der Waals surface area contributed by atoms with Gasteiger partial charge in [-0.25, -0.2) is 0 Å². The van der Waals surface area contributed by atoms with E-state index in [0.29, 0.717) is 35.8 Å². The van der Waals surface area contributed by atoms with Gasteiger partial charge >= 0.3 is 0 Å². The van der Waals surface area contributed by atoms with Crippen LogP contribution in [0, 0.1) is 0 Å². The molecule has 0 aliphatic carbocycles. The van der Waals surface area contributed by atoms with Crippen LogP contribution in [0.25, 0.3) is 0 Å². The Bertz CT molecular complexity index is 626. The summed E-state index contributed by atoms with van der Waals surface area (Å²) >= 11 is 0. The molecular formula is C12H13N5O3. The number of aromatic nitrogens is 3. The molecule has 0 fully saturated rings. The lowest BCUT2D eigenvalue weighted by atomic mass is 10.1. The highest BCUT2D eigenvalue weighted by molar-refractivity contribution is 6.00. The van der Waals surface area contributed by atoms with Crippen molar-refractivity contribution in [3.63, 3.8) is 0 Å². The third-order valence-electron chi connectivity index (χ3n) is 2.89. The van der Waals surface area contributed by atoms with Crippen molar-refractivity contribution >= 4 is 11.6 Å². The molecule has 1 aliphatic rings. The molecule has 104 valence electrons. The largest absolute Gasteiger partial charge is 0.454 e. The van der Waals surface area contributed by atoms with E-state index in [4.69, 9.17) is 15.2 Å². The second-order valence-corrected chi connectivity index (χ2v) is 4.21. The second kappa shape index (κ2) is 5.08. The Kier molecular flexibility index (Phi) is 3.12. The highest BCUT2D eigenvalue weighted by Gasteiger charge is 2.19. The zero-order chi connectivity index (χ0) is 13.9. The number of nitrogen functional groups attached to an aromatic ring is 1. The van der Waals surface area contributed by atoms with E-state index >= 15 is 0 Å². The molecule has 0 saturated heterocycles. The van der Waals surface area contributed by atoms with Crippen molar-refractivity contribution in [1.82, 2.24) is 20.3 Å². The van der Waals surface area contributed by atoms with Crippen molar-refractivity contribution in [1.29, 1.82) is 0 Å². The summed E-state index contributed by atoms with van der Waals surface area (Å²) in [5, 5.41) is 10.3. The molecule has 8 heteroatoms. The first-order valence-corrected chi connectivity index (χ1v) is 6.05. The highest BCUT2D eigenvalue weighted by Crippen LogP contribution is 2.35. The predicted octanol–water partition coefficient (Wildman–Crippen LogP) is 0.0190. The van der Waals surface area contributed by atoms with Crippen molar-refractivity contribution < 1.29 is 14.3 Å². The van der Waals surface area contributed by atoms with E-state index < -0.39 is 0 Å². The van der Waals surface area contributed by atoms with Crippen LogP contribution in [0.2, 0.25) is 0 Å². The lowest BCUT2D eigenvalue weighted by Crippen LogP contribution is -2.28. The fourth-order valence-electron chi connectivity index (χ4n) is 1.89. The fraction of sp³-hybridized carbons (Fsp3) is 0.250. The van der Waals surface area contributed by atoms with E-state index in [1.54, 1.807) is 29.2 Å². The Balaban J connectivity index is 1.65. The van der Waals surface area contributed by atoms with Crippen LogP contribution in [0.15, 0.2) is 24.5 Å². The Morgan fingerprint density at radius 1 is 1.40 bits per heavy atom. The number of amides is 1. The van der Waals surface area contributed by atoms with Gasteiger partial charge in [-0.1, -0.05) is 5.21 Å². The van der Waals surface area contributed by atoms with Crippen LogP contribution in [0.3, 0.4) is 0 Å². The SMILES string of the molecule is Nc1cc2c(cc1C(=O)NCCn1ccnn1)OCO2. The van der Waals surface area contributed by atoms with Gasteiger partial charge in [0.2, 0.25) is 6.79 Å². The molecule has 0 bridgehead atoms. The number of hydrogen-bond acceptors (Lipinski definition) is 6. The molecule has 1 aromatic heterocycles. The predicted molar refractivity (Wildman–Crippen MR) is 69.3 cm³/mol. The molecular weight excluding hydrogens is 262 g/mol. The normalized spacial score (nSPS) is 12.4. The molecule has 1 amide bonds. The van der Waals surface area contributed by atoms with Gasteiger partial charge in [-0.2, -0.15) is 0 Å². The zero-order valence-electron chi connectivity index (χ0n) is 10.6. The van der Waals surface area contributed by atoms with Crippen LogP contribution >= 0.6 is 0 Å². The summed E-state index contributed by atoms with van der Waals surface area (Å²) in [4.78, 5) is 12.1. The molecule has 0 atom stereocenters. The number of anilines is 1. The van der Waals surface area contributed by atoms with Crippen LogP contribution in [-0.4, -0.2) is 34.2 Å². The van der Waals surface area contributed by atoms with E-state index in [2.05, 4.69) is 15.6 Å². The van der Waals surface area contributed by atoms with E-state index in [1.807, 2.05) is 0 Å². The van der Waals surface area contributed by atoms with Crippen molar-refractivity contribution in [3.8, 4) is 11.5 Å². The summed E-state index contributed by atoms with van der Waals surface area (Å²) in [5.74, 6) is 0.822. The standard InChI is InChI=1S/C12H13N5O3/c13-9-6-11-10(19-7-20-11)5-8(9)12(18)14-1-3-17-4-2-15-16-17/h2,4-6H,1,3,7,13H2,(H,14,18). The Labute approximate surface area is 114 Å². The van der Waals surface area contributed by atoms with Gasteiger partial charge in [-0.15, -0.1) is 5.10 Å². The van der Waals surface area contributed by atoms with Gasteiger partial charge in [0.05, 0.1) is 18.3 Å². The topological polar surface area (TPSA) is 104 Å². The molecule has 2 aromatic rings. The quantitative estimate of drug-likeness (QED) is 0.762. The minimum Gasteiger partial charge on any atom is -0.454 e. The van der Waals surface area contributed by atoms with Crippen molar-refractivity contribution in [2.75, 3.05) is 19.1 Å². The van der Waals surface area contributed by atoms with Gasteiger partial charge in [0.15, 0.2) is 11.5 Å². The first kappa shape index (κ1) is 12.3. The first-order chi connectivity index (χ1) is 9.74. The second-order valence-electron chi connectivity index (χ2n) is 4.21. The van der Waals surface area contributed by atoms with Crippen LogP contribution in [-0.2, 0) is 6.54 Å². The summed E-state index contributed by atoms with van der Waals surface area (Å²) in [6.45, 7) is 1.11. The highest BCUT2D eigenvalue weighted by atomic mass is 16.7. The lowest BCUT2D eigenvalue weighted by molar-refractivity contribution is 0.0952. The average molecular weight is 275 g/mol. The van der Waals surface area contributed by atoms with Crippen LogP contribution in [0.5, 0.6) is 11.5 Å². The van der Waals surface area contributed by atoms with E-state index in [1.165, 1.54) is 0 Å². The smallest absolute Gasteiger partial charge is 0.253 e. The lowest BCUT2D eigenvalue weighted by Gasteiger charge is -2.08. The van der Waals surface area contributed by atoms with Gasteiger partial charge in [0.1, 0.15) is 0 Å². The number of rotatable bonds is 4. The van der Waals surface area contributed by atoms with Crippen LogP contribution in [0.4, 0.5) is 5.69 Å². The number of carbonyl (C=O) groups excluding carboxylic acids is 1. The molecule has 3 N–H and O–H groups in total. The number of nitrogens with two attached hydrogens (primary N) is 1. The molecule has 2 heterocycles. The van der Waals surface area contributed by atoms with E-state index in [9.17, 15) is 4.79 Å².